The topological polar surface area (TPSA) is 78.0 Å². The average molecular weight is 436 g/mol. The van der Waals surface area contributed by atoms with E-state index in [9.17, 15) is 4.79 Å². The van der Waals surface area contributed by atoms with Gasteiger partial charge in [0.05, 0.1) is 17.5 Å². The van der Waals surface area contributed by atoms with E-state index >= 15 is 0 Å². The number of carbonyl (C=O) groups is 1. The molecule has 5 nitrogen and oxygen atoms in total. The molecule has 5 heteroatoms. The standard InChI is InChI=1S/C19H21N3O2.C8H16/c1-11(2)13-4-6-15(7-5-13)20-19-21-16-8-12(3)14(10-18(23)24)9-17(16)22-19;1-8(2)6-4-3-5-7-8/h4-9,11H,10H2,1-3H3,(H,23,24)(H2,20,21,22);3-7H2,1-2H3. The van der Waals surface area contributed by atoms with Crippen molar-refractivity contribution in [3.63, 3.8) is 0 Å². The number of aliphatic carboxylic acids is 1. The van der Waals surface area contributed by atoms with E-state index in [2.05, 4.69) is 55.1 Å². The van der Waals surface area contributed by atoms with Crippen molar-refractivity contribution in [1.82, 2.24) is 9.97 Å². The van der Waals surface area contributed by atoms with Crippen molar-refractivity contribution in [2.45, 2.75) is 79.1 Å². The monoisotopic (exact) mass is 435 g/mol. The summed E-state index contributed by atoms with van der Waals surface area (Å²) in [6, 6.07) is 12.0. The highest BCUT2D eigenvalue weighted by Crippen LogP contribution is 2.34. The molecule has 0 atom stereocenters. The summed E-state index contributed by atoms with van der Waals surface area (Å²) in [5, 5.41) is 12.2. The van der Waals surface area contributed by atoms with Gasteiger partial charge < -0.3 is 15.4 Å². The smallest absolute Gasteiger partial charge is 0.307 e. The number of carboxylic acid groups (broad SMARTS) is 1. The summed E-state index contributed by atoms with van der Waals surface area (Å²) in [7, 11) is 0. The lowest BCUT2D eigenvalue weighted by Crippen LogP contribution is -2.14. The third-order valence-corrected chi connectivity index (χ3v) is 6.33. The first-order valence-corrected chi connectivity index (χ1v) is 11.7. The molecule has 0 spiro atoms. The van der Waals surface area contributed by atoms with Crippen molar-refractivity contribution in [3.05, 3.63) is 53.1 Å². The zero-order valence-electron chi connectivity index (χ0n) is 20.1. The first-order valence-electron chi connectivity index (χ1n) is 11.7. The molecular weight excluding hydrogens is 398 g/mol. The molecule has 0 unspecified atom stereocenters. The summed E-state index contributed by atoms with van der Waals surface area (Å²) < 4.78 is 0. The maximum absolute atomic E-state index is 10.9. The van der Waals surface area contributed by atoms with Crippen LogP contribution in [0.1, 0.15) is 82.4 Å². The number of carboxylic acids is 1. The lowest BCUT2D eigenvalue weighted by Gasteiger charge is -2.28. The molecule has 0 saturated heterocycles. The Balaban J connectivity index is 0.000000305. The van der Waals surface area contributed by atoms with E-state index in [0.29, 0.717) is 17.3 Å². The number of H-pyrrole nitrogens is 1. The van der Waals surface area contributed by atoms with E-state index in [0.717, 1.165) is 27.8 Å². The second kappa shape index (κ2) is 10.2. The van der Waals surface area contributed by atoms with E-state index < -0.39 is 5.97 Å². The van der Waals surface area contributed by atoms with Crippen molar-refractivity contribution < 1.29 is 9.90 Å². The van der Waals surface area contributed by atoms with Gasteiger partial charge in [0.25, 0.3) is 0 Å². The van der Waals surface area contributed by atoms with Gasteiger partial charge in [-0.05, 0) is 72.1 Å². The number of anilines is 2. The van der Waals surface area contributed by atoms with Gasteiger partial charge in [0, 0.05) is 5.69 Å². The van der Waals surface area contributed by atoms with Crippen molar-refractivity contribution in [2.24, 2.45) is 5.41 Å². The Bertz CT molecular complexity index is 1040. The number of rotatable bonds is 5. The molecule has 1 fully saturated rings. The number of aromatic nitrogens is 2. The van der Waals surface area contributed by atoms with Gasteiger partial charge in [-0.25, -0.2) is 4.98 Å². The van der Waals surface area contributed by atoms with Gasteiger partial charge in [-0.15, -0.1) is 0 Å². The summed E-state index contributed by atoms with van der Waals surface area (Å²) in [5.74, 6) is 0.312. The van der Waals surface area contributed by atoms with Gasteiger partial charge >= 0.3 is 5.97 Å². The Morgan fingerprint density at radius 2 is 1.78 bits per heavy atom. The lowest BCUT2D eigenvalue weighted by molar-refractivity contribution is -0.136. The molecule has 0 amide bonds. The third kappa shape index (κ3) is 6.59. The highest BCUT2D eigenvalue weighted by molar-refractivity contribution is 5.82. The van der Waals surface area contributed by atoms with Crippen LogP contribution < -0.4 is 5.32 Å². The second-order valence-corrected chi connectivity index (χ2v) is 10.1. The quantitative estimate of drug-likeness (QED) is 0.392. The van der Waals surface area contributed by atoms with Crippen LogP contribution >= 0.6 is 0 Å². The highest BCUT2D eigenvalue weighted by atomic mass is 16.4. The molecule has 1 aromatic heterocycles. The summed E-state index contributed by atoms with van der Waals surface area (Å²) in [4.78, 5) is 18.7. The molecule has 3 aromatic rings. The highest BCUT2D eigenvalue weighted by Gasteiger charge is 2.20. The first kappa shape index (κ1) is 23.8. The molecule has 0 bridgehead atoms. The largest absolute Gasteiger partial charge is 0.481 e. The number of nitrogens with one attached hydrogen (secondary N) is 2. The first-order chi connectivity index (χ1) is 15.1. The van der Waals surface area contributed by atoms with Crippen LogP contribution in [0.4, 0.5) is 11.6 Å². The van der Waals surface area contributed by atoms with Crippen LogP contribution in [0.25, 0.3) is 11.0 Å². The fourth-order valence-electron chi connectivity index (χ4n) is 4.22. The maximum atomic E-state index is 10.9. The number of benzene rings is 2. The number of imidazole rings is 1. The number of nitrogens with zero attached hydrogens (tertiary/aromatic N) is 1. The number of hydrogen-bond donors (Lipinski definition) is 3. The average Bonchev–Trinajstić information content (AvgIpc) is 3.09. The van der Waals surface area contributed by atoms with Crippen LogP contribution in [0.15, 0.2) is 36.4 Å². The van der Waals surface area contributed by atoms with Crippen molar-refractivity contribution in [3.8, 4) is 0 Å². The van der Waals surface area contributed by atoms with E-state index in [1.807, 2.05) is 31.2 Å². The molecule has 1 aliphatic rings. The van der Waals surface area contributed by atoms with Crippen molar-refractivity contribution >= 4 is 28.6 Å². The van der Waals surface area contributed by atoms with Crippen LogP contribution in [0, 0.1) is 12.3 Å². The van der Waals surface area contributed by atoms with Crippen molar-refractivity contribution in [1.29, 1.82) is 0 Å². The minimum Gasteiger partial charge on any atom is -0.481 e. The molecule has 172 valence electrons. The molecule has 32 heavy (non-hydrogen) atoms. The van der Waals surface area contributed by atoms with Crippen LogP contribution in [-0.4, -0.2) is 21.0 Å². The molecule has 1 saturated carbocycles. The fourth-order valence-corrected chi connectivity index (χ4v) is 4.22. The maximum Gasteiger partial charge on any atom is 0.307 e. The van der Waals surface area contributed by atoms with Gasteiger partial charge in [0.15, 0.2) is 0 Å². The Morgan fingerprint density at radius 3 is 2.31 bits per heavy atom. The Morgan fingerprint density at radius 1 is 1.12 bits per heavy atom. The molecule has 0 aliphatic heterocycles. The van der Waals surface area contributed by atoms with E-state index in [4.69, 9.17) is 5.11 Å². The Labute approximate surface area is 191 Å². The number of fused-ring (bicyclic) bond motifs is 1. The molecule has 2 aromatic carbocycles. The minimum absolute atomic E-state index is 0.00800. The minimum atomic E-state index is -0.837. The molecule has 0 radical (unpaired) electrons. The molecule has 3 N–H and O–H groups in total. The fraction of sp³-hybridized carbons (Fsp3) is 0.481. The van der Waals surface area contributed by atoms with Gasteiger partial charge in [0.1, 0.15) is 0 Å². The van der Waals surface area contributed by atoms with Crippen LogP contribution in [0.2, 0.25) is 0 Å². The molecule has 1 heterocycles. The van der Waals surface area contributed by atoms with Crippen LogP contribution in [-0.2, 0) is 11.2 Å². The molecular formula is C27H37N3O2. The Hall–Kier alpha value is -2.82. The van der Waals surface area contributed by atoms with E-state index in [1.165, 1.54) is 37.7 Å². The summed E-state index contributed by atoms with van der Waals surface area (Å²) in [5.41, 5.74) is 6.31. The van der Waals surface area contributed by atoms with Crippen molar-refractivity contribution in [2.75, 3.05) is 5.32 Å². The Kier molecular flexibility index (Phi) is 7.60. The van der Waals surface area contributed by atoms with Crippen LogP contribution in [0.5, 0.6) is 0 Å². The van der Waals surface area contributed by atoms with Gasteiger partial charge in [-0.1, -0.05) is 59.1 Å². The van der Waals surface area contributed by atoms with E-state index in [1.54, 1.807) is 0 Å². The number of aryl methyl sites for hydroxylation is 1. The lowest BCUT2D eigenvalue weighted by atomic mass is 9.78. The summed E-state index contributed by atoms with van der Waals surface area (Å²) in [6.07, 6.45) is 7.32. The van der Waals surface area contributed by atoms with E-state index in [-0.39, 0.29) is 6.42 Å². The zero-order chi connectivity index (χ0) is 23.3. The third-order valence-electron chi connectivity index (χ3n) is 6.33. The van der Waals surface area contributed by atoms with Gasteiger partial charge in [-0.2, -0.15) is 0 Å². The second-order valence-electron chi connectivity index (χ2n) is 10.1. The summed E-state index contributed by atoms with van der Waals surface area (Å²) >= 11 is 0. The van der Waals surface area contributed by atoms with Crippen LogP contribution in [0.3, 0.4) is 0 Å². The zero-order valence-corrected chi connectivity index (χ0v) is 20.1. The van der Waals surface area contributed by atoms with Gasteiger partial charge in [0.2, 0.25) is 5.95 Å². The summed E-state index contributed by atoms with van der Waals surface area (Å²) in [6.45, 7) is 11.0. The predicted octanol–water partition coefficient (Wildman–Crippen LogP) is 7.34. The SMILES string of the molecule is CC1(C)CCCCC1.Cc1cc2[nH]c(Nc3ccc(C(C)C)cc3)nc2cc1CC(=O)O. The predicted molar refractivity (Wildman–Crippen MR) is 133 cm³/mol. The molecule has 4 rings (SSSR count). The van der Waals surface area contributed by atoms with Gasteiger partial charge in [-0.3, -0.25) is 4.79 Å². The number of hydrogen-bond acceptors (Lipinski definition) is 3. The number of aromatic amines is 1. The normalized spacial score (nSPS) is 15.3. The molecule has 1 aliphatic carbocycles.